The highest BCUT2D eigenvalue weighted by Crippen LogP contribution is 2.12. The Morgan fingerprint density at radius 3 is 1.36 bits per heavy atom. The molecule has 0 fully saturated rings. The van der Waals surface area contributed by atoms with E-state index in [1.165, 1.54) is 89.9 Å². The SMILES string of the molecule is CCCCCCCCCCCC(=O)OCCN(CCCNCCCCN)CCOC(=O)CCCCCCCCCCC. The predicted molar refractivity (Wildman–Crippen MR) is 178 cm³/mol. The zero-order valence-corrected chi connectivity index (χ0v) is 28.1. The van der Waals surface area contributed by atoms with E-state index in [-0.39, 0.29) is 11.9 Å². The Morgan fingerprint density at radius 2 is 0.929 bits per heavy atom. The van der Waals surface area contributed by atoms with Gasteiger partial charge in [0.15, 0.2) is 0 Å². The molecule has 0 aliphatic heterocycles. The van der Waals surface area contributed by atoms with Crippen molar-refractivity contribution in [2.75, 3.05) is 52.5 Å². The highest BCUT2D eigenvalue weighted by atomic mass is 16.5. The lowest BCUT2D eigenvalue weighted by Gasteiger charge is -2.22. The van der Waals surface area contributed by atoms with Crippen molar-refractivity contribution in [1.82, 2.24) is 10.2 Å². The predicted octanol–water partition coefficient (Wildman–Crippen LogP) is 7.94. The van der Waals surface area contributed by atoms with E-state index in [4.69, 9.17) is 15.2 Å². The van der Waals surface area contributed by atoms with Crippen LogP contribution in [0.2, 0.25) is 0 Å². The molecule has 0 atom stereocenters. The fourth-order valence-electron chi connectivity index (χ4n) is 5.16. The maximum absolute atomic E-state index is 12.2. The Bertz CT molecular complexity index is 536. The largest absolute Gasteiger partial charge is 0.464 e. The van der Waals surface area contributed by atoms with E-state index in [0.29, 0.717) is 39.1 Å². The number of hydrogen-bond donors (Lipinski definition) is 2. The lowest BCUT2D eigenvalue weighted by Crippen LogP contribution is -2.34. The molecule has 250 valence electrons. The molecule has 0 aromatic rings. The van der Waals surface area contributed by atoms with Gasteiger partial charge in [-0.2, -0.15) is 0 Å². The summed E-state index contributed by atoms with van der Waals surface area (Å²) in [6, 6.07) is 0. The van der Waals surface area contributed by atoms with Gasteiger partial charge in [-0.25, -0.2) is 0 Å². The summed E-state index contributed by atoms with van der Waals surface area (Å²) >= 11 is 0. The van der Waals surface area contributed by atoms with Gasteiger partial charge >= 0.3 is 11.9 Å². The summed E-state index contributed by atoms with van der Waals surface area (Å²) in [5.74, 6) is -0.182. The molecule has 0 aromatic carbocycles. The maximum atomic E-state index is 12.2. The van der Waals surface area contributed by atoms with Crippen LogP contribution in [0.25, 0.3) is 0 Å². The molecule has 0 radical (unpaired) electrons. The monoisotopic (exact) mass is 598 g/mol. The number of carbonyl (C=O) groups excluding carboxylic acids is 2. The first kappa shape index (κ1) is 40.8. The Kier molecular flexibility index (Phi) is 33.3. The molecule has 42 heavy (non-hydrogen) atoms. The van der Waals surface area contributed by atoms with Crippen LogP contribution in [0, 0.1) is 0 Å². The van der Waals surface area contributed by atoms with E-state index >= 15 is 0 Å². The fourth-order valence-corrected chi connectivity index (χ4v) is 5.16. The molecule has 0 unspecified atom stereocenters. The summed E-state index contributed by atoms with van der Waals surface area (Å²) in [7, 11) is 0. The number of unbranched alkanes of at least 4 members (excludes halogenated alkanes) is 17. The number of carbonyl (C=O) groups is 2. The molecule has 0 aliphatic carbocycles. The molecule has 0 bridgehead atoms. The van der Waals surface area contributed by atoms with Gasteiger partial charge in [-0.1, -0.05) is 117 Å². The van der Waals surface area contributed by atoms with Crippen LogP contribution >= 0.6 is 0 Å². The van der Waals surface area contributed by atoms with E-state index in [9.17, 15) is 9.59 Å². The van der Waals surface area contributed by atoms with Gasteiger partial charge in [0.2, 0.25) is 0 Å². The first-order chi connectivity index (χ1) is 20.6. The normalized spacial score (nSPS) is 11.3. The van der Waals surface area contributed by atoms with Crippen molar-refractivity contribution in [3.05, 3.63) is 0 Å². The molecule has 7 heteroatoms. The van der Waals surface area contributed by atoms with E-state index < -0.39 is 0 Å². The molecule has 0 amide bonds. The quantitative estimate of drug-likeness (QED) is 0.0574. The molecule has 0 heterocycles. The third-order valence-corrected chi connectivity index (χ3v) is 7.95. The molecule has 0 saturated heterocycles. The third-order valence-electron chi connectivity index (χ3n) is 7.95. The molecule has 7 nitrogen and oxygen atoms in total. The standard InChI is InChI=1S/C35H71N3O4/c1-3-5-7-9-11-13-15-17-19-24-34(39)41-32-30-38(29-23-28-37-27-22-21-26-36)31-33-42-35(40)25-20-18-16-14-12-10-8-6-4-2/h37H,3-33,36H2,1-2H3. The minimum Gasteiger partial charge on any atom is -0.464 e. The lowest BCUT2D eigenvalue weighted by atomic mass is 10.1. The molecule has 0 rings (SSSR count). The van der Waals surface area contributed by atoms with Crippen molar-refractivity contribution in [3.63, 3.8) is 0 Å². The van der Waals surface area contributed by atoms with Gasteiger partial charge in [0.25, 0.3) is 0 Å². The zero-order valence-electron chi connectivity index (χ0n) is 28.1. The number of nitrogens with zero attached hydrogens (tertiary/aromatic N) is 1. The molecule has 0 spiro atoms. The molecule has 0 saturated carbocycles. The van der Waals surface area contributed by atoms with Gasteiger partial charge in [0.05, 0.1) is 0 Å². The average Bonchev–Trinajstić information content (AvgIpc) is 2.98. The Morgan fingerprint density at radius 1 is 0.524 bits per heavy atom. The van der Waals surface area contributed by atoms with Crippen molar-refractivity contribution in [3.8, 4) is 0 Å². The molecule has 3 N–H and O–H groups in total. The van der Waals surface area contributed by atoms with Gasteiger partial charge in [-0.3, -0.25) is 14.5 Å². The van der Waals surface area contributed by atoms with Crippen molar-refractivity contribution >= 4 is 11.9 Å². The smallest absolute Gasteiger partial charge is 0.305 e. The minimum atomic E-state index is -0.0909. The number of ether oxygens (including phenoxy) is 2. The number of rotatable bonds is 34. The molecular weight excluding hydrogens is 526 g/mol. The Balaban J connectivity index is 4.08. The van der Waals surface area contributed by atoms with Crippen LogP contribution in [0.15, 0.2) is 0 Å². The fraction of sp³-hybridized carbons (Fsp3) is 0.943. The van der Waals surface area contributed by atoms with Crippen LogP contribution in [0.1, 0.15) is 162 Å². The third kappa shape index (κ3) is 31.7. The van der Waals surface area contributed by atoms with Crippen LogP contribution < -0.4 is 11.1 Å². The Labute approximate surface area is 260 Å². The minimum absolute atomic E-state index is 0.0909. The second-order valence-corrected chi connectivity index (χ2v) is 12.0. The van der Waals surface area contributed by atoms with Gasteiger partial charge in [-0.15, -0.1) is 0 Å². The van der Waals surface area contributed by atoms with E-state index in [1.54, 1.807) is 0 Å². The summed E-state index contributed by atoms with van der Waals surface area (Å²) in [5.41, 5.74) is 5.57. The molecular formula is C35H71N3O4. The number of nitrogens with one attached hydrogen (secondary N) is 1. The van der Waals surface area contributed by atoms with E-state index in [2.05, 4.69) is 24.1 Å². The van der Waals surface area contributed by atoms with Crippen LogP contribution in [-0.4, -0.2) is 69.3 Å². The van der Waals surface area contributed by atoms with Crippen molar-refractivity contribution in [2.24, 2.45) is 5.73 Å². The maximum Gasteiger partial charge on any atom is 0.305 e. The molecule has 0 aliphatic rings. The summed E-state index contributed by atoms with van der Waals surface area (Å²) in [5, 5.41) is 3.47. The number of esters is 2. The summed E-state index contributed by atoms with van der Waals surface area (Å²) < 4.78 is 11.1. The van der Waals surface area contributed by atoms with Gasteiger partial charge in [0, 0.05) is 25.9 Å². The van der Waals surface area contributed by atoms with Crippen molar-refractivity contribution in [2.45, 2.75) is 162 Å². The van der Waals surface area contributed by atoms with Crippen molar-refractivity contribution < 1.29 is 19.1 Å². The van der Waals surface area contributed by atoms with Crippen LogP contribution in [0.4, 0.5) is 0 Å². The topological polar surface area (TPSA) is 93.9 Å². The summed E-state index contributed by atoms with van der Waals surface area (Å²) in [4.78, 5) is 26.7. The zero-order chi connectivity index (χ0) is 30.8. The average molecular weight is 598 g/mol. The summed E-state index contributed by atoms with van der Waals surface area (Å²) in [6.07, 6.45) is 26.5. The highest BCUT2D eigenvalue weighted by molar-refractivity contribution is 5.69. The highest BCUT2D eigenvalue weighted by Gasteiger charge is 2.10. The van der Waals surface area contributed by atoms with Crippen molar-refractivity contribution in [1.29, 1.82) is 0 Å². The van der Waals surface area contributed by atoms with Gasteiger partial charge < -0.3 is 20.5 Å². The van der Waals surface area contributed by atoms with E-state index in [0.717, 1.165) is 71.1 Å². The lowest BCUT2D eigenvalue weighted by molar-refractivity contribution is -0.144. The number of hydrogen-bond acceptors (Lipinski definition) is 7. The van der Waals surface area contributed by atoms with E-state index in [1.807, 2.05) is 0 Å². The second-order valence-electron chi connectivity index (χ2n) is 12.0. The Hall–Kier alpha value is -1.18. The van der Waals surface area contributed by atoms with Crippen LogP contribution in [0.5, 0.6) is 0 Å². The van der Waals surface area contributed by atoms with Crippen LogP contribution in [-0.2, 0) is 19.1 Å². The van der Waals surface area contributed by atoms with Crippen LogP contribution in [0.3, 0.4) is 0 Å². The number of nitrogens with two attached hydrogens (primary N) is 1. The van der Waals surface area contributed by atoms with Gasteiger partial charge in [0.1, 0.15) is 13.2 Å². The second kappa shape index (κ2) is 34.3. The molecule has 0 aromatic heterocycles. The first-order valence-electron chi connectivity index (χ1n) is 18.1. The van der Waals surface area contributed by atoms with Gasteiger partial charge in [-0.05, 0) is 58.3 Å². The summed E-state index contributed by atoms with van der Waals surface area (Å²) in [6.45, 7) is 10.2. The first-order valence-corrected chi connectivity index (χ1v) is 18.1.